The second-order valence-electron chi connectivity index (χ2n) is 5.67. The molecule has 0 atom stereocenters. The van der Waals surface area contributed by atoms with Gasteiger partial charge in [0.15, 0.2) is 11.5 Å². The molecule has 1 amide bonds. The van der Waals surface area contributed by atoms with Gasteiger partial charge in [-0.3, -0.25) is 9.59 Å². The molecule has 2 aromatic carbocycles. The third-order valence-electron chi connectivity index (χ3n) is 3.95. The fourth-order valence-electron chi connectivity index (χ4n) is 2.56. The monoisotopic (exact) mass is 357 g/mol. The molecule has 138 valence electrons. The highest BCUT2D eigenvalue weighted by atomic mass is 16.5. The molecule has 0 spiro atoms. The van der Waals surface area contributed by atoms with Crippen molar-refractivity contribution in [3.63, 3.8) is 0 Å². The predicted octanol–water partition coefficient (Wildman–Crippen LogP) is 2.28. The molecule has 6 nitrogen and oxygen atoms in total. The Morgan fingerprint density at radius 2 is 1.50 bits per heavy atom. The Morgan fingerprint density at radius 3 is 2.08 bits per heavy atom. The number of hydrogen-bond acceptors (Lipinski definition) is 5. The second kappa shape index (κ2) is 9.46. The molecule has 26 heavy (non-hydrogen) atoms. The first-order chi connectivity index (χ1) is 12.6. The van der Waals surface area contributed by atoms with Gasteiger partial charge < -0.3 is 19.5 Å². The second-order valence-corrected chi connectivity index (χ2v) is 5.67. The number of benzene rings is 2. The van der Waals surface area contributed by atoms with Gasteiger partial charge in [0, 0.05) is 6.54 Å². The van der Waals surface area contributed by atoms with E-state index in [1.165, 1.54) is 21.3 Å². The molecule has 0 aliphatic carbocycles. The average Bonchev–Trinajstić information content (AvgIpc) is 2.67. The van der Waals surface area contributed by atoms with Crippen molar-refractivity contribution in [3.8, 4) is 11.5 Å². The van der Waals surface area contributed by atoms with Crippen LogP contribution in [-0.4, -0.2) is 33.2 Å². The fourth-order valence-corrected chi connectivity index (χ4v) is 2.56. The summed E-state index contributed by atoms with van der Waals surface area (Å²) in [5.41, 5.74) is 2.43. The predicted molar refractivity (Wildman–Crippen MR) is 97.3 cm³/mol. The summed E-state index contributed by atoms with van der Waals surface area (Å²) in [7, 11) is 4.40. The van der Waals surface area contributed by atoms with Gasteiger partial charge >= 0.3 is 5.97 Å². The number of rotatable bonds is 8. The maximum atomic E-state index is 12.2. The molecule has 6 heteroatoms. The molecule has 0 aliphatic heterocycles. The minimum absolute atomic E-state index is 0.0841. The van der Waals surface area contributed by atoms with E-state index in [-0.39, 0.29) is 24.8 Å². The molecule has 0 saturated carbocycles. The summed E-state index contributed by atoms with van der Waals surface area (Å²) in [6.45, 7) is 0.276. The Hall–Kier alpha value is -3.02. The van der Waals surface area contributed by atoms with E-state index >= 15 is 0 Å². The van der Waals surface area contributed by atoms with Gasteiger partial charge in [0.1, 0.15) is 0 Å². The van der Waals surface area contributed by atoms with Gasteiger partial charge in [-0.25, -0.2) is 0 Å². The lowest BCUT2D eigenvalue weighted by Crippen LogP contribution is -2.25. The van der Waals surface area contributed by atoms with Gasteiger partial charge in [0.05, 0.1) is 34.2 Å². The zero-order valence-electron chi connectivity index (χ0n) is 15.2. The van der Waals surface area contributed by atoms with E-state index in [1.54, 1.807) is 12.1 Å². The van der Waals surface area contributed by atoms with E-state index < -0.39 is 0 Å². The van der Waals surface area contributed by atoms with Crippen LogP contribution in [0.15, 0.2) is 42.5 Å². The lowest BCUT2D eigenvalue weighted by Gasteiger charge is -2.15. The van der Waals surface area contributed by atoms with Crippen molar-refractivity contribution < 1.29 is 23.8 Å². The first-order valence-corrected chi connectivity index (χ1v) is 8.18. The molecule has 0 saturated heterocycles. The van der Waals surface area contributed by atoms with Gasteiger partial charge in [-0.05, 0) is 28.8 Å². The molecule has 0 unspecified atom stereocenters. The first kappa shape index (κ1) is 19.3. The smallest absolute Gasteiger partial charge is 0.309 e. The van der Waals surface area contributed by atoms with Crippen molar-refractivity contribution >= 4 is 11.9 Å². The van der Waals surface area contributed by atoms with Gasteiger partial charge in [-0.15, -0.1) is 0 Å². The maximum absolute atomic E-state index is 12.2. The van der Waals surface area contributed by atoms with Crippen LogP contribution >= 0.6 is 0 Å². The Kier molecular flexibility index (Phi) is 7.02. The van der Waals surface area contributed by atoms with E-state index in [9.17, 15) is 9.59 Å². The molecule has 0 aliphatic rings. The number of carbonyl (C=O) groups is 2. The summed E-state index contributed by atoms with van der Waals surface area (Å²) in [6, 6.07) is 13.0. The molecule has 1 N–H and O–H groups in total. The van der Waals surface area contributed by atoms with Crippen LogP contribution in [0.3, 0.4) is 0 Å². The Morgan fingerprint density at radius 1 is 0.885 bits per heavy atom. The number of amides is 1. The molecule has 0 fully saturated rings. The third kappa shape index (κ3) is 5.24. The number of carbonyl (C=O) groups excluding carboxylic acids is 2. The largest absolute Gasteiger partial charge is 0.493 e. The minimum Gasteiger partial charge on any atom is -0.493 e. The summed E-state index contributed by atoms with van der Waals surface area (Å²) in [5, 5.41) is 2.88. The molecule has 0 bridgehead atoms. The molecule has 0 radical (unpaired) electrons. The third-order valence-corrected chi connectivity index (χ3v) is 3.95. The van der Waals surface area contributed by atoms with Gasteiger partial charge in [-0.2, -0.15) is 0 Å². The molecule has 0 aromatic heterocycles. The van der Waals surface area contributed by atoms with Crippen LogP contribution in [0.4, 0.5) is 0 Å². The van der Waals surface area contributed by atoms with Gasteiger partial charge in [-0.1, -0.05) is 30.3 Å². The normalized spacial score (nSPS) is 10.1. The lowest BCUT2D eigenvalue weighted by molar-refractivity contribution is -0.139. The number of methoxy groups -OCH3 is 3. The van der Waals surface area contributed by atoms with Crippen LogP contribution in [0.25, 0.3) is 0 Å². The van der Waals surface area contributed by atoms with Crippen molar-refractivity contribution in [1.82, 2.24) is 5.32 Å². The lowest BCUT2D eigenvalue weighted by atomic mass is 10.0. The van der Waals surface area contributed by atoms with Crippen LogP contribution in [0.1, 0.15) is 16.7 Å². The molecule has 2 rings (SSSR count). The van der Waals surface area contributed by atoms with E-state index in [2.05, 4.69) is 5.32 Å². The van der Waals surface area contributed by atoms with Crippen molar-refractivity contribution in [3.05, 3.63) is 59.2 Å². The summed E-state index contributed by atoms with van der Waals surface area (Å²) in [4.78, 5) is 23.9. The molecular formula is C20H23NO5. The van der Waals surface area contributed by atoms with Gasteiger partial charge in [0.2, 0.25) is 5.91 Å². The Bertz CT molecular complexity index is 758. The topological polar surface area (TPSA) is 73.9 Å². The summed E-state index contributed by atoms with van der Waals surface area (Å²) in [6.07, 6.45) is 0.376. The fraction of sp³-hybridized carbons (Fsp3) is 0.300. The number of nitrogens with one attached hydrogen (secondary N) is 1. The van der Waals surface area contributed by atoms with E-state index in [0.717, 1.165) is 16.7 Å². The van der Waals surface area contributed by atoms with E-state index in [1.807, 2.05) is 30.3 Å². The number of ether oxygens (including phenoxy) is 3. The molecule has 0 heterocycles. The standard InChI is InChI=1S/C20H23NO5/c1-24-17-10-15(12-20(23)26-3)16(11-18(17)25-2)13-21-19(22)9-14-7-5-4-6-8-14/h4-8,10-11H,9,12-13H2,1-3H3,(H,21,22). The number of hydrogen-bond donors (Lipinski definition) is 1. The van der Waals surface area contributed by atoms with Crippen molar-refractivity contribution in [2.45, 2.75) is 19.4 Å². The van der Waals surface area contributed by atoms with Crippen molar-refractivity contribution in [2.24, 2.45) is 0 Å². The first-order valence-electron chi connectivity index (χ1n) is 8.18. The SMILES string of the molecule is COC(=O)Cc1cc(OC)c(OC)cc1CNC(=O)Cc1ccccc1. The summed E-state index contributed by atoms with van der Waals surface area (Å²) >= 11 is 0. The van der Waals surface area contributed by atoms with E-state index in [0.29, 0.717) is 17.9 Å². The van der Waals surface area contributed by atoms with E-state index in [4.69, 9.17) is 14.2 Å². The highest BCUT2D eigenvalue weighted by Crippen LogP contribution is 2.31. The zero-order valence-corrected chi connectivity index (χ0v) is 15.2. The van der Waals surface area contributed by atoms with Crippen LogP contribution in [0, 0.1) is 0 Å². The Balaban J connectivity index is 2.14. The molecular weight excluding hydrogens is 334 g/mol. The van der Waals surface area contributed by atoms with Crippen LogP contribution < -0.4 is 14.8 Å². The van der Waals surface area contributed by atoms with Crippen molar-refractivity contribution in [1.29, 1.82) is 0 Å². The van der Waals surface area contributed by atoms with Crippen LogP contribution in [0.5, 0.6) is 11.5 Å². The number of esters is 1. The highest BCUT2D eigenvalue weighted by molar-refractivity contribution is 5.79. The maximum Gasteiger partial charge on any atom is 0.309 e. The quantitative estimate of drug-likeness (QED) is 0.734. The molecule has 2 aromatic rings. The van der Waals surface area contributed by atoms with Gasteiger partial charge in [0.25, 0.3) is 0 Å². The summed E-state index contributed by atoms with van der Waals surface area (Å²) < 4.78 is 15.3. The van der Waals surface area contributed by atoms with Crippen molar-refractivity contribution in [2.75, 3.05) is 21.3 Å². The van der Waals surface area contributed by atoms with Crippen LogP contribution in [0.2, 0.25) is 0 Å². The minimum atomic E-state index is -0.367. The summed E-state index contributed by atoms with van der Waals surface area (Å²) in [5.74, 6) is 0.586. The van der Waals surface area contributed by atoms with Crippen LogP contribution in [-0.2, 0) is 33.7 Å². The average molecular weight is 357 g/mol. The highest BCUT2D eigenvalue weighted by Gasteiger charge is 2.15. The zero-order chi connectivity index (χ0) is 18.9. The Labute approximate surface area is 153 Å².